The van der Waals surface area contributed by atoms with E-state index in [0.717, 1.165) is 44.2 Å². The van der Waals surface area contributed by atoms with E-state index in [1.807, 2.05) is 109 Å². The molecule has 0 aliphatic heterocycles. The Labute approximate surface area is 293 Å². The summed E-state index contributed by atoms with van der Waals surface area (Å²) < 4.78 is 43.4. The van der Waals surface area contributed by atoms with Gasteiger partial charge in [0.25, 0.3) is 0 Å². The number of hydrogen-bond acceptors (Lipinski definition) is 4. The van der Waals surface area contributed by atoms with Gasteiger partial charge in [-0.05, 0) is 52.6 Å². The third-order valence-corrected chi connectivity index (χ3v) is 9.22. The number of benzene rings is 7. The molecule has 0 unspecified atom stereocenters. The van der Waals surface area contributed by atoms with Gasteiger partial charge in [0.2, 0.25) is 5.95 Å². The van der Waals surface area contributed by atoms with Crippen molar-refractivity contribution in [3.8, 4) is 51.0 Å². The molecule has 0 saturated heterocycles. The molecule has 0 fully saturated rings. The maximum Gasteiger partial charge on any atom is 0.238 e. The van der Waals surface area contributed by atoms with Gasteiger partial charge in [-0.3, -0.25) is 4.57 Å². The summed E-state index contributed by atoms with van der Waals surface area (Å²) in [5.74, 6) is 1.04. The lowest BCUT2D eigenvalue weighted by molar-refractivity contribution is 0.669. The van der Waals surface area contributed by atoms with Gasteiger partial charge in [0, 0.05) is 32.7 Å². The molecule has 0 radical (unpaired) electrons. The van der Waals surface area contributed by atoms with Crippen LogP contribution in [-0.4, -0.2) is 19.5 Å². The monoisotopic (exact) mass is 644 g/mol. The molecule has 5 nitrogen and oxygen atoms in total. The summed E-state index contributed by atoms with van der Waals surface area (Å²) in [6.45, 7) is 0. The van der Waals surface area contributed by atoms with Gasteiger partial charge in [-0.1, -0.05) is 139 Å². The number of furan rings is 1. The van der Waals surface area contributed by atoms with Gasteiger partial charge in [-0.25, -0.2) is 4.98 Å². The number of hydrogen-bond donors (Lipinski definition) is 0. The lowest BCUT2D eigenvalue weighted by Gasteiger charge is -2.11. The summed E-state index contributed by atoms with van der Waals surface area (Å²) in [4.78, 5) is 15.0. The standard InChI is InChI=1S/C45H28N4O/c1-3-11-29(12-4-1)30-19-21-31(22-20-30)33-23-25-36-35-15-7-9-17-39(35)49(40(36)27-33)45-47-43(32-13-5-2-6-14-32)46-44(48-45)34-24-26-38-37-16-8-10-18-41(37)50-42(38)28-34/h1-28H/i7D,9D,15D,17D. The molecule has 0 aliphatic rings. The van der Waals surface area contributed by atoms with Crippen molar-refractivity contribution in [1.29, 1.82) is 0 Å². The van der Waals surface area contributed by atoms with Crippen molar-refractivity contribution in [3.63, 3.8) is 0 Å². The first-order chi connectivity index (χ1) is 26.4. The van der Waals surface area contributed by atoms with E-state index in [9.17, 15) is 0 Å². The number of fused-ring (bicyclic) bond motifs is 6. The summed E-state index contributed by atoms with van der Waals surface area (Å²) in [5, 5.41) is 3.06. The number of nitrogens with zero attached hydrogens (tertiary/aromatic N) is 4. The topological polar surface area (TPSA) is 56.7 Å². The van der Waals surface area contributed by atoms with Crippen LogP contribution in [-0.2, 0) is 0 Å². The van der Waals surface area contributed by atoms with Gasteiger partial charge < -0.3 is 4.42 Å². The van der Waals surface area contributed by atoms with Crippen molar-refractivity contribution in [3.05, 3.63) is 170 Å². The fourth-order valence-corrected chi connectivity index (χ4v) is 6.77. The first-order valence-corrected chi connectivity index (χ1v) is 16.4. The highest BCUT2D eigenvalue weighted by Gasteiger charge is 2.19. The van der Waals surface area contributed by atoms with Crippen LogP contribution in [0.2, 0.25) is 0 Å². The molecule has 7 aromatic carbocycles. The van der Waals surface area contributed by atoms with Crippen LogP contribution in [0.5, 0.6) is 0 Å². The maximum atomic E-state index is 9.16. The Bertz CT molecular complexity index is 3090. The summed E-state index contributed by atoms with van der Waals surface area (Å²) in [6.07, 6.45) is 0. The Morgan fingerprint density at radius 3 is 1.80 bits per heavy atom. The van der Waals surface area contributed by atoms with Crippen LogP contribution in [0.4, 0.5) is 0 Å². The summed E-state index contributed by atoms with van der Waals surface area (Å²) in [6, 6.07) is 47.0. The highest BCUT2D eigenvalue weighted by molar-refractivity contribution is 6.10. The minimum Gasteiger partial charge on any atom is -0.456 e. The zero-order valence-electron chi connectivity index (χ0n) is 30.6. The predicted molar refractivity (Wildman–Crippen MR) is 203 cm³/mol. The minimum atomic E-state index is -0.332. The molecule has 5 heteroatoms. The molecule has 234 valence electrons. The molecule has 0 amide bonds. The predicted octanol–water partition coefficient (Wildman–Crippen LogP) is 11.5. The molecule has 10 aromatic rings. The summed E-state index contributed by atoms with van der Waals surface area (Å²) in [7, 11) is 0. The molecule has 3 heterocycles. The van der Waals surface area contributed by atoms with Gasteiger partial charge in [0.15, 0.2) is 11.6 Å². The third-order valence-electron chi connectivity index (χ3n) is 9.22. The smallest absolute Gasteiger partial charge is 0.238 e. The first kappa shape index (κ1) is 24.3. The van der Waals surface area contributed by atoms with Crippen molar-refractivity contribution >= 4 is 43.7 Å². The molecule has 0 N–H and O–H groups in total. The highest BCUT2D eigenvalue weighted by atomic mass is 16.3. The zero-order chi connectivity index (χ0) is 36.5. The van der Waals surface area contributed by atoms with E-state index in [4.69, 9.17) is 24.9 Å². The quantitative estimate of drug-likeness (QED) is 0.187. The zero-order valence-corrected chi connectivity index (χ0v) is 26.6. The van der Waals surface area contributed by atoms with E-state index in [0.29, 0.717) is 39.1 Å². The Hall–Kier alpha value is -6.85. The van der Waals surface area contributed by atoms with Gasteiger partial charge in [0.05, 0.1) is 16.5 Å². The number of aromatic nitrogens is 4. The molecule has 50 heavy (non-hydrogen) atoms. The number of rotatable bonds is 5. The molecule has 0 atom stereocenters. The molecule has 3 aromatic heterocycles. The van der Waals surface area contributed by atoms with Crippen LogP contribution in [0.25, 0.3) is 94.7 Å². The largest absolute Gasteiger partial charge is 0.456 e. The minimum absolute atomic E-state index is 0.123. The van der Waals surface area contributed by atoms with Crippen LogP contribution >= 0.6 is 0 Å². The van der Waals surface area contributed by atoms with Crippen LogP contribution in [0.15, 0.2) is 174 Å². The van der Waals surface area contributed by atoms with Gasteiger partial charge in [0.1, 0.15) is 11.2 Å². The second-order valence-electron chi connectivity index (χ2n) is 12.2. The highest BCUT2D eigenvalue weighted by Crippen LogP contribution is 2.36. The molecule has 0 saturated carbocycles. The van der Waals surface area contributed by atoms with Gasteiger partial charge >= 0.3 is 0 Å². The fraction of sp³-hybridized carbons (Fsp3) is 0. The Balaban J connectivity index is 1.23. The second-order valence-corrected chi connectivity index (χ2v) is 12.2. The van der Waals surface area contributed by atoms with Crippen LogP contribution in [0, 0.1) is 0 Å². The van der Waals surface area contributed by atoms with Gasteiger partial charge in [-0.15, -0.1) is 0 Å². The van der Waals surface area contributed by atoms with Crippen molar-refractivity contribution < 1.29 is 9.90 Å². The molecule has 0 bridgehead atoms. The van der Waals surface area contributed by atoms with Crippen molar-refractivity contribution in [2.24, 2.45) is 0 Å². The molecule has 0 spiro atoms. The normalized spacial score (nSPS) is 12.7. The van der Waals surface area contributed by atoms with E-state index in [-0.39, 0.29) is 35.6 Å². The van der Waals surface area contributed by atoms with E-state index < -0.39 is 0 Å². The lowest BCUT2D eigenvalue weighted by atomic mass is 9.99. The third kappa shape index (κ3) is 4.67. The summed E-state index contributed by atoms with van der Waals surface area (Å²) in [5.41, 5.74) is 8.03. The fourth-order valence-electron chi connectivity index (χ4n) is 6.77. The second kappa shape index (κ2) is 11.4. The Morgan fingerprint density at radius 1 is 0.420 bits per heavy atom. The average molecular weight is 645 g/mol. The molecular weight excluding hydrogens is 613 g/mol. The molecule has 0 aliphatic carbocycles. The summed E-state index contributed by atoms with van der Waals surface area (Å²) >= 11 is 0. The number of para-hydroxylation sites is 2. The SMILES string of the molecule is [2H]c1c([2H])c([2H])c2c(c1[2H])c1ccc(-c3ccc(-c4ccccc4)cc3)cc1n2-c1nc(-c2ccccc2)nc(-c2ccc3c(c2)oc2ccccc23)n1. The van der Waals surface area contributed by atoms with E-state index >= 15 is 0 Å². The van der Waals surface area contributed by atoms with Crippen LogP contribution in [0.1, 0.15) is 5.48 Å². The van der Waals surface area contributed by atoms with E-state index in [1.165, 1.54) is 0 Å². The molecule has 10 rings (SSSR count). The van der Waals surface area contributed by atoms with E-state index in [1.54, 1.807) is 4.57 Å². The first-order valence-electron chi connectivity index (χ1n) is 18.4. The Morgan fingerprint density at radius 2 is 1.00 bits per heavy atom. The average Bonchev–Trinajstić information content (AvgIpc) is 3.78. The molecular formula is C45H28N4O. The van der Waals surface area contributed by atoms with Gasteiger partial charge in [-0.2, -0.15) is 9.97 Å². The van der Waals surface area contributed by atoms with Crippen molar-refractivity contribution in [2.75, 3.05) is 0 Å². The maximum absolute atomic E-state index is 9.16. The van der Waals surface area contributed by atoms with Crippen LogP contribution in [0.3, 0.4) is 0 Å². The van der Waals surface area contributed by atoms with Crippen LogP contribution < -0.4 is 0 Å². The lowest BCUT2D eigenvalue weighted by Crippen LogP contribution is -2.06. The van der Waals surface area contributed by atoms with E-state index in [2.05, 4.69) is 36.4 Å². The van der Waals surface area contributed by atoms with Crippen molar-refractivity contribution in [1.82, 2.24) is 19.5 Å². The Kier molecular flexibility index (Phi) is 5.54. The van der Waals surface area contributed by atoms with Crippen molar-refractivity contribution in [2.45, 2.75) is 0 Å².